The fraction of sp³-hybridized carbons (Fsp3) is 0.533. The summed E-state index contributed by atoms with van der Waals surface area (Å²) in [5, 5.41) is 0. The summed E-state index contributed by atoms with van der Waals surface area (Å²) in [6.45, 7) is 6.43. The van der Waals surface area contributed by atoms with E-state index in [0.717, 1.165) is 30.4 Å². The van der Waals surface area contributed by atoms with E-state index in [1.807, 2.05) is 60.0 Å². The maximum absolute atomic E-state index is 13.6. The minimum absolute atomic E-state index is 0.0151. The van der Waals surface area contributed by atoms with Crippen LogP contribution < -0.4 is 0 Å². The van der Waals surface area contributed by atoms with E-state index in [-0.39, 0.29) is 48.1 Å². The minimum Gasteiger partial charge on any atom is -0.367 e. The van der Waals surface area contributed by atoms with Crippen LogP contribution in [0.4, 0.5) is 0 Å². The molecule has 1 aliphatic carbocycles. The van der Waals surface area contributed by atoms with E-state index >= 15 is 0 Å². The molecule has 2 aliphatic heterocycles. The molecule has 6 unspecified atom stereocenters. The van der Waals surface area contributed by atoms with E-state index in [4.69, 9.17) is 9.47 Å². The van der Waals surface area contributed by atoms with Gasteiger partial charge in [-0.1, -0.05) is 67.1 Å². The molecule has 0 radical (unpaired) electrons. The van der Waals surface area contributed by atoms with E-state index in [0.29, 0.717) is 32.6 Å². The highest BCUT2D eigenvalue weighted by molar-refractivity contribution is 5.83. The highest BCUT2D eigenvalue weighted by atomic mass is 16.5. The van der Waals surface area contributed by atoms with Crippen molar-refractivity contribution in [2.75, 3.05) is 26.2 Å². The molecule has 6 nitrogen and oxygen atoms in total. The second kappa shape index (κ2) is 11.1. The molecule has 2 heterocycles. The molecule has 3 aliphatic rings. The van der Waals surface area contributed by atoms with Crippen LogP contribution in [0.3, 0.4) is 0 Å². The molecular weight excluding hydrogens is 452 g/mol. The first-order valence-corrected chi connectivity index (χ1v) is 13.5. The summed E-state index contributed by atoms with van der Waals surface area (Å²) in [4.78, 5) is 31.2. The number of hydrogen-bond acceptors (Lipinski definition) is 4. The standard InChI is InChI=1S/C30H38N2O4/c1-21-17-31(19-27(35-21)23-10-5-3-6-11-23)29(33)25-14-9-15-26(16-25)30(34)32-18-22(2)36-28(20-32)24-12-7-4-8-13-24/h3-8,10-13,21-22,25-28H,9,14-20H2,1-2H3. The summed E-state index contributed by atoms with van der Waals surface area (Å²) in [5.41, 5.74) is 2.21. The Labute approximate surface area is 214 Å². The minimum atomic E-state index is -0.107. The van der Waals surface area contributed by atoms with Crippen LogP contribution in [0.5, 0.6) is 0 Å². The largest absolute Gasteiger partial charge is 0.367 e. The third-order valence-electron chi connectivity index (χ3n) is 7.86. The zero-order valence-corrected chi connectivity index (χ0v) is 21.4. The van der Waals surface area contributed by atoms with Gasteiger partial charge in [0.25, 0.3) is 0 Å². The lowest BCUT2D eigenvalue weighted by Gasteiger charge is -2.41. The number of carbonyl (C=O) groups is 2. The van der Waals surface area contributed by atoms with Gasteiger partial charge in [-0.05, 0) is 44.2 Å². The summed E-state index contributed by atoms with van der Waals surface area (Å²) < 4.78 is 12.3. The van der Waals surface area contributed by atoms with Crippen molar-refractivity contribution in [2.45, 2.75) is 63.9 Å². The van der Waals surface area contributed by atoms with Crippen molar-refractivity contribution < 1.29 is 19.1 Å². The van der Waals surface area contributed by atoms with E-state index < -0.39 is 0 Å². The van der Waals surface area contributed by atoms with Crippen LogP contribution in [0.15, 0.2) is 60.7 Å². The molecule has 5 rings (SSSR count). The normalized spacial score (nSPS) is 31.2. The Hall–Kier alpha value is -2.70. The van der Waals surface area contributed by atoms with E-state index in [1.54, 1.807) is 0 Å². The van der Waals surface area contributed by atoms with Crippen molar-refractivity contribution in [3.8, 4) is 0 Å². The first kappa shape index (κ1) is 25.0. The van der Waals surface area contributed by atoms with Crippen LogP contribution in [-0.2, 0) is 19.1 Å². The van der Waals surface area contributed by atoms with Crippen LogP contribution in [0.25, 0.3) is 0 Å². The quantitative estimate of drug-likeness (QED) is 0.620. The van der Waals surface area contributed by atoms with Crippen molar-refractivity contribution in [1.82, 2.24) is 9.80 Å². The number of hydrogen-bond donors (Lipinski definition) is 0. The zero-order chi connectivity index (χ0) is 25.1. The predicted octanol–water partition coefficient (Wildman–Crippen LogP) is 4.77. The Morgan fingerprint density at radius 1 is 0.667 bits per heavy atom. The molecule has 0 bridgehead atoms. The number of rotatable bonds is 4. The molecule has 192 valence electrons. The number of ether oxygens (including phenoxy) is 2. The Balaban J connectivity index is 1.23. The number of benzene rings is 2. The van der Waals surface area contributed by atoms with Gasteiger partial charge in [0.1, 0.15) is 12.2 Å². The van der Waals surface area contributed by atoms with E-state index in [1.165, 1.54) is 0 Å². The molecule has 3 fully saturated rings. The molecular formula is C30H38N2O4. The van der Waals surface area contributed by atoms with Crippen molar-refractivity contribution in [2.24, 2.45) is 11.8 Å². The topological polar surface area (TPSA) is 59.1 Å². The van der Waals surface area contributed by atoms with E-state index in [2.05, 4.69) is 24.3 Å². The number of carbonyl (C=O) groups excluding carboxylic acids is 2. The van der Waals surface area contributed by atoms with Crippen LogP contribution in [0, 0.1) is 11.8 Å². The van der Waals surface area contributed by atoms with Gasteiger partial charge in [-0.15, -0.1) is 0 Å². The molecule has 2 amide bonds. The Kier molecular flexibility index (Phi) is 7.73. The number of nitrogens with zero attached hydrogens (tertiary/aromatic N) is 2. The van der Waals surface area contributed by atoms with Crippen molar-refractivity contribution in [3.05, 3.63) is 71.8 Å². The second-order valence-corrected chi connectivity index (χ2v) is 10.7. The van der Waals surface area contributed by atoms with Gasteiger partial charge in [0, 0.05) is 24.9 Å². The molecule has 0 aromatic heterocycles. The Morgan fingerprint density at radius 3 is 1.50 bits per heavy atom. The predicted molar refractivity (Wildman–Crippen MR) is 138 cm³/mol. The maximum Gasteiger partial charge on any atom is 0.225 e. The SMILES string of the molecule is CC1CN(C(=O)C2CCCC(C(=O)N3CC(C)OC(c4ccccc4)C3)C2)CC(c2ccccc2)O1. The van der Waals surface area contributed by atoms with Crippen molar-refractivity contribution in [1.29, 1.82) is 0 Å². The average molecular weight is 491 g/mol. The van der Waals surface area contributed by atoms with Gasteiger partial charge in [0.05, 0.1) is 25.3 Å². The van der Waals surface area contributed by atoms with Gasteiger partial charge in [-0.3, -0.25) is 9.59 Å². The van der Waals surface area contributed by atoms with Gasteiger partial charge in [-0.25, -0.2) is 0 Å². The van der Waals surface area contributed by atoms with Crippen molar-refractivity contribution in [3.63, 3.8) is 0 Å². The maximum atomic E-state index is 13.6. The van der Waals surface area contributed by atoms with Crippen LogP contribution >= 0.6 is 0 Å². The van der Waals surface area contributed by atoms with E-state index in [9.17, 15) is 9.59 Å². The third-order valence-corrected chi connectivity index (χ3v) is 7.86. The lowest BCUT2D eigenvalue weighted by Crippen LogP contribution is -2.51. The van der Waals surface area contributed by atoms with Gasteiger partial charge in [-0.2, -0.15) is 0 Å². The summed E-state index contributed by atoms with van der Waals surface area (Å²) in [6.07, 6.45) is 3.03. The lowest BCUT2D eigenvalue weighted by atomic mass is 9.79. The molecule has 6 heteroatoms. The summed E-state index contributed by atoms with van der Waals surface area (Å²) in [6, 6.07) is 20.3. The van der Waals surface area contributed by atoms with Gasteiger partial charge in [0.2, 0.25) is 11.8 Å². The molecule has 2 aromatic rings. The molecule has 0 N–H and O–H groups in total. The molecule has 2 aromatic carbocycles. The van der Waals surface area contributed by atoms with Crippen LogP contribution in [0.2, 0.25) is 0 Å². The third kappa shape index (κ3) is 5.65. The fourth-order valence-electron chi connectivity index (χ4n) is 6.12. The summed E-state index contributed by atoms with van der Waals surface area (Å²) >= 11 is 0. The number of morpholine rings is 2. The molecule has 0 spiro atoms. The molecule has 2 saturated heterocycles. The molecule has 1 saturated carbocycles. The molecule has 36 heavy (non-hydrogen) atoms. The van der Waals surface area contributed by atoms with Gasteiger partial charge < -0.3 is 19.3 Å². The van der Waals surface area contributed by atoms with Crippen LogP contribution in [-0.4, -0.2) is 60.0 Å². The summed E-state index contributed by atoms with van der Waals surface area (Å²) in [5.74, 6) is 0.165. The first-order valence-electron chi connectivity index (χ1n) is 13.5. The first-order chi connectivity index (χ1) is 17.5. The second-order valence-electron chi connectivity index (χ2n) is 10.7. The van der Waals surface area contributed by atoms with Gasteiger partial charge >= 0.3 is 0 Å². The smallest absolute Gasteiger partial charge is 0.225 e. The lowest BCUT2D eigenvalue weighted by molar-refractivity contribution is -0.155. The highest BCUT2D eigenvalue weighted by Gasteiger charge is 2.39. The average Bonchev–Trinajstić information content (AvgIpc) is 2.92. The summed E-state index contributed by atoms with van der Waals surface area (Å²) in [7, 11) is 0. The van der Waals surface area contributed by atoms with Crippen molar-refractivity contribution >= 4 is 11.8 Å². The van der Waals surface area contributed by atoms with Gasteiger partial charge in [0.15, 0.2) is 0 Å². The highest BCUT2D eigenvalue weighted by Crippen LogP contribution is 2.35. The molecule has 6 atom stereocenters. The Bertz CT molecular complexity index is 948. The fourth-order valence-corrected chi connectivity index (χ4v) is 6.12. The van der Waals surface area contributed by atoms with Crippen LogP contribution in [0.1, 0.15) is 62.9 Å². The number of amides is 2. The zero-order valence-electron chi connectivity index (χ0n) is 21.4. The Morgan fingerprint density at radius 2 is 1.08 bits per heavy atom. The monoisotopic (exact) mass is 490 g/mol.